The Morgan fingerprint density at radius 2 is 2.14 bits per heavy atom. The van der Waals surface area contributed by atoms with Crippen molar-refractivity contribution in [2.24, 2.45) is 5.16 Å². The average molecular weight is 333 g/mol. The van der Waals surface area contributed by atoms with Gasteiger partial charge in [0.25, 0.3) is 0 Å². The van der Waals surface area contributed by atoms with Crippen LogP contribution in [0.15, 0.2) is 46.4 Å². The first-order valence-electron chi connectivity index (χ1n) is 6.58. The highest BCUT2D eigenvalue weighted by Crippen LogP contribution is 2.28. The van der Waals surface area contributed by atoms with Crippen LogP contribution in [0.4, 0.5) is 5.69 Å². The lowest BCUT2D eigenvalue weighted by molar-refractivity contribution is -0.136. The predicted molar refractivity (Wildman–Crippen MR) is 90.7 cm³/mol. The van der Waals surface area contributed by atoms with E-state index in [2.05, 4.69) is 5.16 Å². The second-order valence-electron chi connectivity index (χ2n) is 4.95. The number of carbonyl (C=O) groups excluding carboxylic acids is 1. The number of hydrogen-bond acceptors (Lipinski definition) is 5. The Kier molecular flexibility index (Phi) is 4.00. The van der Waals surface area contributed by atoms with Crippen LogP contribution in [0.1, 0.15) is 10.4 Å². The van der Waals surface area contributed by atoms with Gasteiger partial charge in [0.2, 0.25) is 0 Å². The maximum absolute atomic E-state index is 11.9. The first-order valence-corrected chi connectivity index (χ1v) is 7.84. The average Bonchev–Trinajstić information content (AvgIpc) is 3.11. The van der Waals surface area contributed by atoms with Crippen molar-refractivity contribution >= 4 is 46.4 Å². The van der Waals surface area contributed by atoms with Gasteiger partial charge in [-0.15, -0.1) is 11.3 Å². The number of thiophene rings is 1. The monoisotopic (exact) mass is 332 g/mol. The summed E-state index contributed by atoms with van der Waals surface area (Å²) in [6, 6.07) is 9.48. The van der Waals surface area contributed by atoms with E-state index in [1.165, 1.54) is 11.3 Å². The summed E-state index contributed by atoms with van der Waals surface area (Å²) in [4.78, 5) is 19.6. The molecule has 6 heteroatoms. The first kappa shape index (κ1) is 14.8. The highest BCUT2D eigenvalue weighted by Gasteiger charge is 2.27. The van der Waals surface area contributed by atoms with Crippen LogP contribution < -0.4 is 4.90 Å². The van der Waals surface area contributed by atoms with E-state index in [-0.39, 0.29) is 0 Å². The molecular formula is C16H13ClN2O2S. The van der Waals surface area contributed by atoms with Gasteiger partial charge in [0.15, 0.2) is 0 Å². The quantitative estimate of drug-likeness (QED) is 0.634. The van der Waals surface area contributed by atoms with Crippen LogP contribution in [-0.2, 0) is 9.63 Å². The number of benzene rings is 1. The molecule has 0 atom stereocenters. The van der Waals surface area contributed by atoms with Crippen molar-refractivity contribution in [1.29, 1.82) is 0 Å². The summed E-state index contributed by atoms with van der Waals surface area (Å²) in [5.41, 5.74) is 2.72. The number of nitrogens with zero attached hydrogens (tertiary/aromatic N) is 2. The van der Waals surface area contributed by atoms with Gasteiger partial charge in [0.05, 0.1) is 10.5 Å². The lowest BCUT2D eigenvalue weighted by Gasteiger charge is -2.13. The molecule has 1 aromatic carbocycles. The Morgan fingerprint density at radius 1 is 1.32 bits per heavy atom. The first-order chi connectivity index (χ1) is 10.6. The highest BCUT2D eigenvalue weighted by molar-refractivity contribution is 7.12. The maximum Gasteiger partial charge on any atom is 0.368 e. The Hall–Kier alpha value is -2.11. The Labute approximate surface area is 137 Å². The summed E-state index contributed by atoms with van der Waals surface area (Å²) in [5, 5.41) is 6.37. The molecule has 0 amide bonds. The van der Waals surface area contributed by atoms with E-state index in [0.29, 0.717) is 16.3 Å². The Morgan fingerprint density at radius 3 is 2.77 bits per heavy atom. The van der Waals surface area contributed by atoms with Crippen LogP contribution in [0, 0.1) is 0 Å². The van der Waals surface area contributed by atoms with E-state index in [1.807, 2.05) is 54.7 Å². The molecule has 4 nitrogen and oxygen atoms in total. The van der Waals surface area contributed by atoms with Crippen LogP contribution >= 0.6 is 22.9 Å². The van der Waals surface area contributed by atoms with Crippen LogP contribution in [0.5, 0.6) is 0 Å². The molecule has 0 bridgehead atoms. The van der Waals surface area contributed by atoms with Gasteiger partial charge in [-0.2, -0.15) is 0 Å². The summed E-state index contributed by atoms with van der Waals surface area (Å²) in [6.07, 6.45) is 1.72. The third kappa shape index (κ3) is 2.77. The second-order valence-corrected chi connectivity index (χ2v) is 6.31. The van der Waals surface area contributed by atoms with Gasteiger partial charge in [0.1, 0.15) is 5.71 Å². The number of oxime groups is 1. The molecule has 1 aliphatic rings. The van der Waals surface area contributed by atoms with Gasteiger partial charge in [-0.05, 0) is 35.2 Å². The molecular weight excluding hydrogens is 320 g/mol. The molecule has 22 heavy (non-hydrogen) atoms. The summed E-state index contributed by atoms with van der Waals surface area (Å²) < 4.78 is 0. The zero-order valence-corrected chi connectivity index (χ0v) is 13.6. The standard InChI is InChI=1S/C16H13ClN2O2S/c1-19(2)11-6-5-10(13(17)9-11)8-12-15(18-21-16(12)20)14-4-3-7-22-14/h3-9H,1-2H3/b12-8-. The summed E-state index contributed by atoms with van der Waals surface area (Å²) in [5.74, 6) is -0.462. The fourth-order valence-electron chi connectivity index (χ4n) is 2.07. The fourth-order valence-corrected chi connectivity index (χ4v) is 3.02. The number of carbonyl (C=O) groups is 1. The van der Waals surface area contributed by atoms with E-state index in [4.69, 9.17) is 16.4 Å². The van der Waals surface area contributed by atoms with Gasteiger partial charge in [0, 0.05) is 24.8 Å². The molecule has 2 heterocycles. The highest BCUT2D eigenvalue weighted by atomic mass is 35.5. The lowest BCUT2D eigenvalue weighted by atomic mass is 10.1. The fraction of sp³-hybridized carbons (Fsp3) is 0.125. The summed E-state index contributed by atoms with van der Waals surface area (Å²) in [7, 11) is 3.89. The molecule has 0 saturated heterocycles. The van der Waals surface area contributed by atoms with Crippen molar-refractivity contribution in [3.63, 3.8) is 0 Å². The van der Waals surface area contributed by atoms with Crippen molar-refractivity contribution in [2.45, 2.75) is 0 Å². The molecule has 0 aliphatic carbocycles. The number of hydrogen-bond donors (Lipinski definition) is 0. The van der Waals surface area contributed by atoms with E-state index in [9.17, 15) is 4.79 Å². The maximum atomic E-state index is 11.9. The largest absolute Gasteiger partial charge is 0.378 e. The van der Waals surface area contributed by atoms with E-state index in [0.717, 1.165) is 16.1 Å². The van der Waals surface area contributed by atoms with Crippen LogP contribution in [0.3, 0.4) is 0 Å². The zero-order chi connectivity index (χ0) is 15.7. The summed E-state index contributed by atoms with van der Waals surface area (Å²) in [6.45, 7) is 0. The minimum atomic E-state index is -0.462. The smallest absolute Gasteiger partial charge is 0.368 e. The lowest BCUT2D eigenvalue weighted by Crippen LogP contribution is -2.08. The molecule has 0 saturated carbocycles. The minimum Gasteiger partial charge on any atom is -0.378 e. The Balaban J connectivity index is 2.00. The molecule has 0 unspecified atom stereocenters. The van der Waals surface area contributed by atoms with E-state index in [1.54, 1.807) is 6.08 Å². The van der Waals surface area contributed by atoms with Gasteiger partial charge in [-0.1, -0.05) is 28.9 Å². The van der Waals surface area contributed by atoms with Crippen molar-refractivity contribution in [3.05, 3.63) is 56.7 Å². The normalized spacial score (nSPS) is 15.9. The van der Waals surface area contributed by atoms with E-state index < -0.39 is 5.97 Å². The molecule has 1 aliphatic heterocycles. The molecule has 0 radical (unpaired) electrons. The molecule has 0 fully saturated rings. The third-order valence-corrected chi connectivity index (χ3v) is 4.45. The van der Waals surface area contributed by atoms with E-state index >= 15 is 0 Å². The van der Waals surface area contributed by atoms with Crippen molar-refractivity contribution in [2.75, 3.05) is 19.0 Å². The number of anilines is 1. The zero-order valence-electron chi connectivity index (χ0n) is 12.0. The molecule has 0 N–H and O–H groups in total. The third-order valence-electron chi connectivity index (χ3n) is 3.25. The molecule has 1 aromatic heterocycles. The predicted octanol–water partition coefficient (Wildman–Crippen LogP) is 3.81. The van der Waals surface area contributed by atoms with Crippen LogP contribution in [0.25, 0.3) is 6.08 Å². The topological polar surface area (TPSA) is 41.9 Å². The van der Waals surface area contributed by atoms with Crippen molar-refractivity contribution in [1.82, 2.24) is 0 Å². The Bertz CT molecular complexity index is 779. The van der Waals surface area contributed by atoms with Gasteiger partial charge in [-0.25, -0.2) is 4.79 Å². The number of rotatable bonds is 3. The van der Waals surface area contributed by atoms with Crippen molar-refractivity contribution in [3.8, 4) is 0 Å². The van der Waals surface area contributed by atoms with Crippen LogP contribution in [-0.4, -0.2) is 25.8 Å². The van der Waals surface area contributed by atoms with Gasteiger partial charge >= 0.3 is 5.97 Å². The van der Waals surface area contributed by atoms with Crippen LogP contribution in [0.2, 0.25) is 5.02 Å². The number of halogens is 1. The van der Waals surface area contributed by atoms with Gasteiger partial charge < -0.3 is 9.74 Å². The summed E-state index contributed by atoms with van der Waals surface area (Å²) >= 11 is 7.82. The minimum absolute atomic E-state index is 0.418. The molecule has 2 aromatic rings. The molecule has 3 rings (SSSR count). The SMILES string of the molecule is CN(C)c1ccc(/C=C2\C(=O)ON=C2c2cccs2)c(Cl)c1. The molecule has 0 spiro atoms. The molecule has 112 valence electrons. The van der Waals surface area contributed by atoms with Crippen molar-refractivity contribution < 1.29 is 9.63 Å². The van der Waals surface area contributed by atoms with Gasteiger partial charge in [-0.3, -0.25) is 0 Å². The second kappa shape index (κ2) is 5.94.